The van der Waals surface area contributed by atoms with E-state index in [1.165, 1.54) is 22.5 Å². The Bertz CT molecular complexity index is 1390. The van der Waals surface area contributed by atoms with Crippen LogP contribution in [0.5, 0.6) is 5.75 Å². The molecule has 0 saturated heterocycles. The third-order valence-electron chi connectivity index (χ3n) is 6.27. The first-order chi connectivity index (χ1) is 17.1. The lowest BCUT2D eigenvalue weighted by Crippen LogP contribution is -2.43. The highest BCUT2D eigenvalue weighted by Crippen LogP contribution is 2.42. The van der Waals surface area contributed by atoms with Gasteiger partial charge in [0, 0.05) is 17.9 Å². The number of halogens is 2. The second-order valence-corrected chi connectivity index (χ2v) is 11.2. The molecule has 4 rings (SSSR count). The molecule has 3 aromatic rings. The number of anilines is 1. The summed E-state index contributed by atoms with van der Waals surface area (Å²) in [6, 6.07) is 16.0. The molecule has 1 heterocycles. The van der Waals surface area contributed by atoms with Crippen LogP contribution in [0, 0.1) is 18.7 Å². The highest BCUT2D eigenvalue weighted by Gasteiger charge is 2.35. The van der Waals surface area contributed by atoms with Crippen LogP contribution >= 0.6 is 11.6 Å². The molecule has 0 spiro atoms. The van der Waals surface area contributed by atoms with Crippen molar-refractivity contribution in [3.63, 3.8) is 0 Å². The average molecular weight is 532 g/mol. The number of fused-ring (bicyclic) bond motifs is 1. The molecule has 0 fully saturated rings. The van der Waals surface area contributed by atoms with Crippen molar-refractivity contribution in [2.45, 2.75) is 37.7 Å². The Hall–Kier alpha value is -2.94. The Balaban J connectivity index is 1.76. The van der Waals surface area contributed by atoms with Gasteiger partial charge in [-0.2, -0.15) is 0 Å². The van der Waals surface area contributed by atoms with Crippen LogP contribution in [0.25, 0.3) is 11.1 Å². The maximum Gasteiger partial charge on any atom is 0.264 e. The number of ketones is 1. The van der Waals surface area contributed by atoms with Gasteiger partial charge in [0.25, 0.3) is 10.0 Å². The van der Waals surface area contributed by atoms with E-state index in [1.807, 2.05) is 13.0 Å². The van der Waals surface area contributed by atoms with E-state index in [9.17, 15) is 22.7 Å². The van der Waals surface area contributed by atoms with Gasteiger partial charge in [0.15, 0.2) is 0 Å². The molecule has 190 valence electrons. The molecular weight excluding hydrogens is 505 g/mol. The van der Waals surface area contributed by atoms with E-state index in [0.29, 0.717) is 29.0 Å². The Morgan fingerprint density at radius 1 is 1.19 bits per heavy atom. The third-order valence-corrected chi connectivity index (χ3v) is 8.43. The topological polar surface area (TPSA) is 83.9 Å². The first-order valence-corrected chi connectivity index (χ1v) is 13.4. The van der Waals surface area contributed by atoms with Gasteiger partial charge in [-0.25, -0.2) is 12.8 Å². The van der Waals surface area contributed by atoms with Crippen molar-refractivity contribution in [1.82, 2.24) is 0 Å². The number of aryl methyl sites for hydroxylation is 1. The van der Waals surface area contributed by atoms with Gasteiger partial charge in [0.1, 0.15) is 23.5 Å². The molecule has 6 nitrogen and oxygen atoms in total. The van der Waals surface area contributed by atoms with E-state index in [1.54, 1.807) is 43.3 Å². The predicted molar refractivity (Wildman–Crippen MR) is 137 cm³/mol. The molecule has 1 aliphatic heterocycles. The molecule has 0 radical (unpaired) electrons. The van der Waals surface area contributed by atoms with Crippen molar-refractivity contribution >= 4 is 33.1 Å². The zero-order valence-corrected chi connectivity index (χ0v) is 21.5. The highest BCUT2D eigenvalue weighted by atomic mass is 35.5. The van der Waals surface area contributed by atoms with Crippen LogP contribution in [-0.4, -0.2) is 38.6 Å². The SMILES string of the molecule is Cc1cccc(S(=O)(=O)N2C[C@H](CCC(=O)C(C)CO)Oc3ccc(-c4cccc(F)c4Cl)cc32)c1. The first-order valence-electron chi connectivity index (χ1n) is 11.6. The van der Waals surface area contributed by atoms with Crippen molar-refractivity contribution in [3.05, 3.63) is 77.1 Å². The molecule has 0 amide bonds. The van der Waals surface area contributed by atoms with Crippen LogP contribution in [0.2, 0.25) is 5.02 Å². The van der Waals surface area contributed by atoms with E-state index >= 15 is 0 Å². The zero-order chi connectivity index (χ0) is 26.0. The Morgan fingerprint density at radius 3 is 2.67 bits per heavy atom. The first kappa shape index (κ1) is 26.1. The summed E-state index contributed by atoms with van der Waals surface area (Å²) >= 11 is 6.19. The molecule has 0 saturated carbocycles. The fourth-order valence-electron chi connectivity index (χ4n) is 4.14. The average Bonchev–Trinajstić information content (AvgIpc) is 2.87. The maximum absolute atomic E-state index is 14.1. The van der Waals surface area contributed by atoms with Gasteiger partial charge < -0.3 is 9.84 Å². The van der Waals surface area contributed by atoms with E-state index in [4.69, 9.17) is 16.3 Å². The van der Waals surface area contributed by atoms with Crippen LogP contribution in [0.15, 0.2) is 65.6 Å². The number of hydrogen-bond donors (Lipinski definition) is 1. The van der Waals surface area contributed by atoms with Crippen molar-refractivity contribution in [2.24, 2.45) is 5.92 Å². The minimum atomic E-state index is -3.99. The van der Waals surface area contributed by atoms with Gasteiger partial charge in [-0.15, -0.1) is 0 Å². The van der Waals surface area contributed by atoms with Crippen LogP contribution in [0.1, 0.15) is 25.3 Å². The molecule has 0 bridgehead atoms. The molecule has 9 heteroatoms. The Kier molecular flexibility index (Phi) is 7.68. The van der Waals surface area contributed by atoms with E-state index in [-0.39, 0.29) is 35.3 Å². The van der Waals surface area contributed by atoms with Crippen molar-refractivity contribution in [3.8, 4) is 16.9 Å². The minimum absolute atomic E-state index is 0.00953. The summed E-state index contributed by atoms with van der Waals surface area (Å²) in [7, 11) is -3.99. The zero-order valence-electron chi connectivity index (χ0n) is 19.9. The lowest BCUT2D eigenvalue weighted by atomic mass is 10.0. The number of ether oxygens (including phenoxy) is 1. The summed E-state index contributed by atoms with van der Waals surface area (Å²) < 4.78 is 49.1. The fraction of sp³-hybridized carbons (Fsp3) is 0.296. The monoisotopic (exact) mass is 531 g/mol. The highest BCUT2D eigenvalue weighted by molar-refractivity contribution is 7.92. The molecular formula is C27H27ClFNO5S. The van der Waals surface area contributed by atoms with Gasteiger partial charge in [-0.1, -0.05) is 48.9 Å². The normalized spacial score (nSPS) is 16.2. The van der Waals surface area contributed by atoms with E-state index in [0.717, 1.165) is 5.56 Å². The number of aliphatic hydroxyl groups excluding tert-OH is 1. The maximum atomic E-state index is 14.1. The molecule has 0 aliphatic carbocycles. The second-order valence-electron chi connectivity index (χ2n) is 8.96. The van der Waals surface area contributed by atoms with Crippen molar-refractivity contribution in [2.75, 3.05) is 17.5 Å². The molecule has 36 heavy (non-hydrogen) atoms. The molecule has 2 atom stereocenters. The summed E-state index contributed by atoms with van der Waals surface area (Å²) in [6.45, 7) is 3.21. The quantitative estimate of drug-likeness (QED) is 0.421. The Labute approximate surface area is 215 Å². The number of carbonyl (C=O) groups is 1. The predicted octanol–water partition coefficient (Wildman–Crippen LogP) is 5.39. The van der Waals surface area contributed by atoms with Crippen LogP contribution in [-0.2, 0) is 14.8 Å². The second kappa shape index (κ2) is 10.6. The number of nitrogens with zero attached hydrogens (tertiary/aromatic N) is 1. The smallest absolute Gasteiger partial charge is 0.264 e. The van der Waals surface area contributed by atoms with Gasteiger partial charge in [-0.05, 0) is 54.8 Å². The lowest BCUT2D eigenvalue weighted by molar-refractivity contribution is -0.123. The molecule has 1 N–H and O–H groups in total. The molecule has 0 aromatic heterocycles. The van der Waals surface area contributed by atoms with Crippen molar-refractivity contribution in [1.29, 1.82) is 0 Å². The third kappa shape index (κ3) is 5.26. The van der Waals surface area contributed by atoms with E-state index < -0.39 is 27.9 Å². The number of benzene rings is 3. The minimum Gasteiger partial charge on any atom is -0.486 e. The lowest BCUT2D eigenvalue weighted by Gasteiger charge is -2.36. The molecule has 3 aromatic carbocycles. The summed E-state index contributed by atoms with van der Waals surface area (Å²) in [6.07, 6.45) is -0.132. The number of sulfonamides is 1. The standard InChI is InChI=1S/C27H27ClFNO5S/c1-17-5-3-6-21(13-17)36(33,34)30-15-20(10-11-25(32)18(2)16-31)35-26-12-9-19(14-24(26)30)22-7-4-8-23(29)27(22)28/h3-9,12-14,18,20,31H,10-11,15-16H2,1-2H3/t18?,20-/m0/s1. The van der Waals surface area contributed by atoms with Crippen LogP contribution in [0.4, 0.5) is 10.1 Å². The molecule has 1 aliphatic rings. The fourth-order valence-corrected chi connectivity index (χ4v) is 5.98. The van der Waals surface area contributed by atoms with Crippen molar-refractivity contribution < 1.29 is 27.4 Å². The van der Waals surface area contributed by atoms with Gasteiger partial charge in [-0.3, -0.25) is 9.10 Å². The number of rotatable bonds is 8. The van der Waals surface area contributed by atoms with Gasteiger partial charge >= 0.3 is 0 Å². The number of carbonyl (C=O) groups excluding carboxylic acids is 1. The summed E-state index contributed by atoms with van der Waals surface area (Å²) in [5, 5.41) is 9.19. The van der Waals surface area contributed by atoms with Crippen LogP contribution < -0.4 is 9.04 Å². The summed E-state index contributed by atoms with van der Waals surface area (Å²) in [5.41, 5.74) is 2.07. The van der Waals surface area contributed by atoms with Gasteiger partial charge in [0.2, 0.25) is 0 Å². The van der Waals surface area contributed by atoms with Gasteiger partial charge in [0.05, 0.1) is 28.8 Å². The number of aliphatic hydroxyl groups is 1. The number of hydrogen-bond acceptors (Lipinski definition) is 5. The summed E-state index contributed by atoms with van der Waals surface area (Å²) in [4.78, 5) is 12.4. The largest absolute Gasteiger partial charge is 0.486 e. The summed E-state index contributed by atoms with van der Waals surface area (Å²) in [5.74, 6) is -0.849. The Morgan fingerprint density at radius 2 is 1.94 bits per heavy atom. The number of Topliss-reactive ketones (excluding diaryl/α,β-unsaturated/α-hetero) is 1. The van der Waals surface area contributed by atoms with E-state index in [2.05, 4.69) is 0 Å². The molecule has 1 unspecified atom stereocenters. The van der Waals surface area contributed by atoms with Crippen LogP contribution in [0.3, 0.4) is 0 Å².